The number of rotatable bonds is 4. The molecular weight excluding hydrogens is 336 g/mol. The van der Waals surface area contributed by atoms with Crippen LogP contribution in [-0.4, -0.2) is 37.8 Å². The van der Waals surface area contributed by atoms with Crippen LogP contribution in [0, 0.1) is 5.92 Å². The number of piperidine rings is 1. The predicted molar refractivity (Wildman–Crippen MR) is 97.8 cm³/mol. The summed E-state index contributed by atoms with van der Waals surface area (Å²) in [6, 6.07) is 5.70. The number of nitrogens with zero attached hydrogens (tertiary/aromatic N) is 1. The van der Waals surface area contributed by atoms with Gasteiger partial charge >= 0.3 is 0 Å². The first kappa shape index (κ1) is 18.4. The smallest absolute Gasteiger partial charge is 0.243 e. The van der Waals surface area contributed by atoms with Crippen molar-refractivity contribution >= 4 is 15.9 Å². The Bertz CT molecular complexity index is 735. The molecule has 0 aromatic heterocycles. The van der Waals surface area contributed by atoms with E-state index in [1.807, 2.05) is 26.0 Å². The number of carbonyl (C=O) groups is 1. The Kier molecular flexibility index (Phi) is 5.49. The fourth-order valence-corrected chi connectivity index (χ4v) is 5.30. The van der Waals surface area contributed by atoms with Gasteiger partial charge in [0.15, 0.2) is 0 Å². The summed E-state index contributed by atoms with van der Waals surface area (Å²) in [6.07, 6.45) is 5.51. The van der Waals surface area contributed by atoms with E-state index >= 15 is 0 Å². The molecule has 1 aliphatic carbocycles. The van der Waals surface area contributed by atoms with Crippen molar-refractivity contribution in [2.45, 2.75) is 63.3 Å². The highest BCUT2D eigenvalue weighted by Crippen LogP contribution is 2.28. The molecule has 6 heteroatoms. The topological polar surface area (TPSA) is 66.5 Å². The van der Waals surface area contributed by atoms with Crippen molar-refractivity contribution in [1.29, 1.82) is 0 Å². The van der Waals surface area contributed by atoms with E-state index in [0.29, 0.717) is 30.8 Å². The number of aryl methyl sites for hydroxylation is 2. The van der Waals surface area contributed by atoms with E-state index < -0.39 is 10.0 Å². The quantitative estimate of drug-likeness (QED) is 0.893. The molecule has 1 heterocycles. The lowest BCUT2D eigenvalue weighted by Gasteiger charge is -2.31. The third-order valence-corrected chi connectivity index (χ3v) is 7.11. The van der Waals surface area contributed by atoms with Crippen LogP contribution in [-0.2, 0) is 27.7 Å². The van der Waals surface area contributed by atoms with Gasteiger partial charge in [0.05, 0.1) is 4.90 Å². The van der Waals surface area contributed by atoms with Gasteiger partial charge < -0.3 is 5.32 Å². The molecule has 0 unspecified atom stereocenters. The molecule has 3 rings (SSSR count). The van der Waals surface area contributed by atoms with Gasteiger partial charge in [0.1, 0.15) is 0 Å². The van der Waals surface area contributed by atoms with Crippen molar-refractivity contribution in [2.75, 3.05) is 13.1 Å². The lowest BCUT2D eigenvalue weighted by molar-refractivity contribution is -0.126. The number of nitrogens with one attached hydrogen (secondary N) is 1. The Morgan fingerprint density at radius 2 is 1.76 bits per heavy atom. The number of hydrogen-bond acceptors (Lipinski definition) is 3. The molecule has 0 spiro atoms. The van der Waals surface area contributed by atoms with Gasteiger partial charge in [-0.15, -0.1) is 0 Å². The maximum absolute atomic E-state index is 13.0. The van der Waals surface area contributed by atoms with Crippen LogP contribution in [0.1, 0.15) is 50.7 Å². The summed E-state index contributed by atoms with van der Waals surface area (Å²) in [5.74, 6) is -0.0433. The molecule has 0 atom stereocenters. The first-order valence-electron chi connectivity index (χ1n) is 9.30. The van der Waals surface area contributed by atoms with E-state index in [2.05, 4.69) is 5.32 Å². The third-order valence-electron chi connectivity index (χ3n) is 5.21. The van der Waals surface area contributed by atoms with Crippen LogP contribution in [0.2, 0.25) is 0 Å². The summed E-state index contributed by atoms with van der Waals surface area (Å²) in [4.78, 5) is 12.5. The molecule has 138 valence electrons. The highest BCUT2D eigenvalue weighted by atomic mass is 32.2. The maximum Gasteiger partial charge on any atom is 0.243 e. The molecule has 2 aliphatic rings. The predicted octanol–water partition coefficient (Wildman–Crippen LogP) is 2.49. The first-order valence-corrected chi connectivity index (χ1v) is 10.7. The van der Waals surface area contributed by atoms with Gasteiger partial charge in [-0.05, 0) is 75.6 Å². The number of sulfonamides is 1. The van der Waals surface area contributed by atoms with Gasteiger partial charge in [-0.2, -0.15) is 4.31 Å². The zero-order valence-corrected chi connectivity index (χ0v) is 15.9. The Hall–Kier alpha value is -1.40. The van der Waals surface area contributed by atoms with Crippen molar-refractivity contribution in [1.82, 2.24) is 9.62 Å². The molecule has 1 fully saturated rings. The monoisotopic (exact) mass is 364 g/mol. The fourth-order valence-electron chi connectivity index (χ4n) is 3.78. The molecule has 0 radical (unpaired) electrons. The highest BCUT2D eigenvalue weighted by molar-refractivity contribution is 7.89. The van der Waals surface area contributed by atoms with Crippen LogP contribution in [0.3, 0.4) is 0 Å². The van der Waals surface area contributed by atoms with Gasteiger partial charge in [-0.25, -0.2) is 8.42 Å². The fraction of sp³-hybridized carbons (Fsp3) is 0.632. The summed E-state index contributed by atoms with van der Waals surface area (Å²) < 4.78 is 27.4. The second-order valence-electron chi connectivity index (χ2n) is 7.48. The summed E-state index contributed by atoms with van der Waals surface area (Å²) >= 11 is 0. The number of fused-ring (bicyclic) bond motifs is 1. The van der Waals surface area contributed by atoms with Gasteiger partial charge in [0, 0.05) is 25.0 Å². The summed E-state index contributed by atoms with van der Waals surface area (Å²) in [7, 11) is -3.47. The molecule has 25 heavy (non-hydrogen) atoms. The number of benzene rings is 1. The normalized spacial score (nSPS) is 19.6. The van der Waals surface area contributed by atoms with E-state index in [1.54, 1.807) is 6.07 Å². The van der Waals surface area contributed by atoms with Crippen molar-refractivity contribution in [3.8, 4) is 0 Å². The van der Waals surface area contributed by atoms with Gasteiger partial charge in [0.2, 0.25) is 15.9 Å². The number of amides is 1. The second-order valence-corrected chi connectivity index (χ2v) is 9.42. The molecule has 1 amide bonds. The first-order chi connectivity index (χ1) is 11.9. The minimum atomic E-state index is -3.47. The Morgan fingerprint density at radius 3 is 2.40 bits per heavy atom. The van der Waals surface area contributed by atoms with E-state index in [9.17, 15) is 13.2 Å². The van der Waals surface area contributed by atoms with Crippen LogP contribution in [0.25, 0.3) is 0 Å². The Morgan fingerprint density at radius 1 is 1.12 bits per heavy atom. The second kappa shape index (κ2) is 7.46. The standard InChI is InChI=1S/C19H28N2O3S/c1-14(2)20-19(22)16-9-11-21(12-10-16)25(23,24)18-8-7-15-5-3-4-6-17(15)13-18/h7-8,13-14,16H,3-6,9-12H2,1-2H3,(H,20,22). The molecule has 1 N–H and O–H groups in total. The highest BCUT2D eigenvalue weighted by Gasteiger charge is 2.32. The number of carbonyl (C=O) groups excluding carboxylic acids is 1. The molecule has 1 aromatic rings. The maximum atomic E-state index is 13.0. The minimum Gasteiger partial charge on any atom is -0.354 e. The van der Waals surface area contributed by atoms with Crippen molar-refractivity contribution in [2.24, 2.45) is 5.92 Å². The molecule has 0 saturated carbocycles. The van der Waals surface area contributed by atoms with Crippen LogP contribution >= 0.6 is 0 Å². The van der Waals surface area contributed by atoms with Crippen molar-refractivity contribution in [3.63, 3.8) is 0 Å². The minimum absolute atomic E-state index is 0.0424. The summed E-state index contributed by atoms with van der Waals surface area (Å²) in [5.41, 5.74) is 2.47. The van der Waals surface area contributed by atoms with Crippen LogP contribution in [0.4, 0.5) is 0 Å². The SMILES string of the molecule is CC(C)NC(=O)C1CCN(S(=O)(=O)c2ccc3c(c2)CCCC3)CC1. The average molecular weight is 365 g/mol. The average Bonchev–Trinajstić information content (AvgIpc) is 2.61. The summed E-state index contributed by atoms with van der Waals surface area (Å²) in [6.45, 7) is 4.70. The molecule has 1 aliphatic heterocycles. The van der Waals surface area contributed by atoms with E-state index in [4.69, 9.17) is 0 Å². The largest absolute Gasteiger partial charge is 0.354 e. The van der Waals surface area contributed by atoms with Crippen LogP contribution in [0.5, 0.6) is 0 Å². The van der Waals surface area contributed by atoms with E-state index in [1.165, 1.54) is 21.9 Å². The van der Waals surface area contributed by atoms with E-state index in [0.717, 1.165) is 19.3 Å². The Balaban J connectivity index is 1.69. The Labute approximate surface area is 150 Å². The lowest BCUT2D eigenvalue weighted by atomic mass is 9.92. The molecular formula is C19H28N2O3S. The molecule has 0 bridgehead atoms. The zero-order valence-electron chi connectivity index (χ0n) is 15.1. The van der Waals surface area contributed by atoms with Gasteiger partial charge in [-0.3, -0.25) is 4.79 Å². The van der Waals surface area contributed by atoms with Crippen molar-refractivity contribution in [3.05, 3.63) is 29.3 Å². The number of hydrogen-bond donors (Lipinski definition) is 1. The van der Waals surface area contributed by atoms with Gasteiger partial charge in [-0.1, -0.05) is 6.07 Å². The molecule has 1 saturated heterocycles. The van der Waals surface area contributed by atoms with Crippen molar-refractivity contribution < 1.29 is 13.2 Å². The molecule has 1 aromatic carbocycles. The summed E-state index contributed by atoms with van der Waals surface area (Å²) in [5, 5.41) is 2.92. The zero-order chi connectivity index (χ0) is 18.0. The van der Waals surface area contributed by atoms with Crippen LogP contribution in [0.15, 0.2) is 23.1 Å². The lowest BCUT2D eigenvalue weighted by Crippen LogP contribution is -2.44. The third kappa shape index (κ3) is 4.06. The van der Waals surface area contributed by atoms with Gasteiger partial charge in [0.25, 0.3) is 0 Å². The van der Waals surface area contributed by atoms with E-state index in [-0.39, 0.29) is 17.9 Å². The molecule has 5 nitrogen and oxygen atoms in total. The van der Waals surface area contributed by atoms with Crippen LogP contribution < -0.4 is 5.32 Å².